The van der Waals surface area contributed by atoms with Gasteiger partial charge in [-0.2, -0.15) is 0 Å². The summed E-state index contributed by atoms with van der Waals surface area (Å²) in [7, 11) is -3.22. The van der Waals surface area contributed by atoms with Crippen LogP contribution < -0.4 is 5.32 Å². The molecule has 0 saturated carbocycles. The van der Waals surface area contributed by atoms with Crippen LogP contribution in [0.4, 0.5) is 0 Å². The molecule has 1 N–H and O–H groups in total. The van der Waals surface area contributed by atoms with Crippen LogP contribution >= 0.6 is 0 Å². The maximum Gasteiger partial charge on any atom is 0.224 e. The van der Waals surface area contributed by atoms with E-state index in [1.807, 2.05) is 19.1 Å². The van der Waals surface area contributed by atoms with Crippen LogP contribution in [0.25, 0.3) is 0 Å². The number of piperidine rings is 1. The summed E-state index contributed by atoms with van der Waals surface area (Å²) in [4.78, 5) is 12.5. The lowest BCUT2D eigenvalue weighted by molar-refractivity contribution is -0.126. The van der Waals surface area contributed by atoms with Crippen molar-refractivity contribution < 1.29 is 13.2 Å². The summed E-state index contributed by atoms with van der Waals surface area (Å²) in [6.45, 7) is 6.53. The topological polar surface area (TPSA) is 66.5 Å². The summed E-state index contributed by atoms with van der Waals surface area (Å²) in [5, 5.41) is 3.03. The van der Waals surface area contributed by atoms with E-state index in [4.69, 9.17) is 0 Å². The van der Waals surface area contributed by atoms with Crippen molar-refractivity contribution in [2.45, 2.75) is 46.1 Å². The minimum absolute atomic E-state index is 0.0573. The van der Waals surface area contributed by atoms with E-state index in [1.54, 1.807) is 6.92 Å². The zero-order valence-corrected chi connectivity index (χ0v) is 15.6. The van der Waals surface area contributed by atoms with Crippen LogP contribution in [0.3, 0.4) is 0 Å². The number of carbonyl (C=O) groups excluding carboxylic acids is 1. The summed E-state index contributed by atoms with van der Waals surface area (Å²) in [5.74, 6) is -0.239. The first-order valence-electron chi connectivity index (χ1n) is 8.74. The van der Waals surface area contributed by atoms with Gasteiger partial charge in [-0.3, -0.25) is 4.79 Å². The molecule has 0 spiro atoms. The van der Waals surface area contributed by atoms with Crippen molar-refractivity contribution >= 4 is 15.9 Å². The number of benzene rings is 1. The molecule has 1 aliphatic rings. The molecular formula is C18H28N2O3S. The number of aryl methyl sites for hydroxylation is 1. The standard InChI is InChI=1S/C18H28N2O3S/c1-4-15-8-10-16(11-9-15)14(3)19-18(21)17-7-6-12-20(13-17)24(22,23)5-2/h8-11,14,17H,4-7,12-13H2,1-3H3,(H,19,21). The molecular weight excluding hydrogens is 324 g/mol. The number of nitrogens with zero attached hydrogens (tertiary/aromatic N) is 1. The van der Waals surface area contributed by atoms with Gasteiger partial charge in [0.25, 0.3) is 0 Å². The zero-order valence-electron chi connectivity index (χ0n) is 14.8. The summed E-state index contributed by atoms with van der Waals surface area (Å²) < 4.78 is 25.5. The molecule has 1 amide bonds. The first-order chi connectivity index (χ1) is 11.4. The number of nitrogens with one attached hydrogen (secondary N) is 1. The molecule has 24 heavy (non-hydrogen) atoms. The minimum Gasteiger partial charge on any atom is -0.349 e. The fraction of sp³-hybridized carbons (Fsp3) is 0.611. The third kappa shape index (κ3) is 4.57. The first-order valence-corrected chi connectivity index (χ1v) is 10.3. The van der Waals surface area contributed by atoms with Crippen LogP contribution in [0.15, 0.2) is 24.3 Å². The lowest BCUT2D eigenvalue weighted by atomic mass is 9.97. The van der Waals surface area contributed by atoms with E-state index < -0.39 is 10.0 Å². The van der Waals surface area contributed by atoms with Gasteiger partial charge in [0, 0.05) is 13.1 Å². The highest BCUT2D eigenvalue weighted by Gasteiger charge is 2.31. The third-order valence-electron chi connectivity index (χ3n) is 4.76. The van der Waals surface area contributed by atoms with Crippen molar-refractivity contribution in [2.24, 2.45) is 5.92 Å². The van der Waals surface area contributed by atoms with E-state index in [-0.39, 0.29) is 23.6 Å². The Morgan fingerprint density at radius 3 is 2.54 bits per heavy atom. The second-order valence-corrected chi connectivity index (χ2v) is 8.68. The number of sulfonamides is 1. The summed E-state index contributed by atoms with van der Waals surface area (Å²) >= 11 is 0. The Bertz CT molecular complexity index is 655. The third-order valence-corrected chi connectivity index (χ3v) is 6.61. The monoisotopic (exact) mass is 352 g/mol. The van der Waals surface area contributed by atoms with E-state index in [1.165, 1.54) is 9.87 Å². The Hall–Kier alpha value is -1.40. The molecule has 5 nitrogen and oxygen atoms in total. The van der Waals surface area contributed by atoms with Crippen LogP contribution in [0.5, 0.6) is 0 Å². The zero-order chi connectivity index (χ0) is 17.7. The molecule has 134 valence electrons. The van der Waals surface area contributed by atoms with E-state index in [9.17, 15) is 13.2 Å². The molecule has 2 rings (SSSR count). The Morgan fingerprint density at radius 1 is 1.29 bits per heavy atom. The van der Waals surface area contributed by atoms with E-state index in [0.717, 1.165) is 24.8 Å². The van der Waals surface area contributed by atoms with E-state index in [2.05, 4.69) is 24.4 Å². The molecule has 0 bridgehead atoms. The molecule has 1 heterocycles. The number of hydrogen-bond acceptors (Lipinski definition) is 3. The van der Waals surface area contributed by atoms with Crippen molar-refractivity contribution in [3.8, 4) is 0 Å². The fourth-order valence-electron chi connectivity index (χ4n) is 3.05. The first kappa shape index (κ1) is 18.9. The lowest BCUT2D eigenvalue weighted by Gasteiger charge is -2.31. The van der Waals surface area contributed by atoms with Crippen LogP contribution in [-0.4, -0.2) is 37.5 Å². The second kappa shape index (κ2) is 8.12. The minimum atomic E-state index is -3.22. The van der Waals surface area contributed by atoms with E-state index >= 15 is 0 Å². The van der Waals surface area contributed by atoms with Gasteiger partial charge in [0.2, 0.25) is 15.9 Å². The van der Waals surface area contributed by atoms with Crippen molar-refractivity contribution in [1.29, 1.82) is 0 Å². The van der Waals surface area contributed by atoms with Crippen LogP contribution in [-0.2, 0) is 21.2 Å². The Labute approximate surface area is 145 Å². The van der Waals surface area contributed by atoms with Crippen molar-refractivity contribution in [3.63, 3.8) is 0 Å². The Balaban J connectivity index is 1.98. The number of carbonyl (C=O) groups is 1. The number of rotatable bonds is 6. The van der Waals surface area contributed by atoms with E-state index in [0.29, 0.717) is 13.1 Å². The molecule has 2 atom stereocenters. The van der Waals surface area contributed by atoms with Crippen LogP contribution in [0, 0.1) is 5.92 Å². The molecule has 1 saturated heterocycles. The summed E-state index contributed by atoms with van der Waals surface area (Å²) in [6.07, 6.45) is 2.46. The number of amides is 1. The van der Waals surface area contributed by atoms with Crippen molar-refractivity contribution in [2.75, 3.05) is 18.8 Å². The van der Waals surface area contributed by atoms with Gasteiger partial charge in [-0.25, -0.2) is 12.7 Å². The predicted octanol–water partition coefficient (Wildman–Crippen LogP) is 2.49. The highest BCUT2D eigenvalue weighted by molar-refractivity contribution is 7.89. The van der Waals surface area contributed by atoms with Gasteiger partial charge in [0.05, 0.1) is 17.7 Å². The van der Waals surface area contributed by atoms with Gasteiger partial charge in [0.1, 0.15) is 0 Å². The average Bonchev–Trinajstić information content (AvgIpc) is 2.61. The van der Waals surface area contributed by atoms with Gasteiger partial charge in [0.15, 0.2) is 0 Å². The normalized spacial score (nSPS) is 20.5. The van der Waals surface area contributed by atoms with Gasteiger partial charge in [-0.05, 0) is 44.2 Å². The van der Waals surface area contributed by atoms with Crippen LogP contribution in [0.1, 0.15) is 50.8 Å². The van der Waals surface area contributed by atoms with Gasteiger partial charge < -0.3 is 5.32 Å². The summed E-state index contributed by atoms with van der Waals surface area (Å²) in [5.41, 5.74) is 2.33. The molecule has 1 aromatic carbocycles. The highest BCUT2D eigenvalue weighted by Crippen LogP contribution is 2.21. The predicted molar refractivity (Wildman–Crippen MR) is 96.1 cm³/mol. The lowest BCUT2D eigenvalue weighted by Crippen LogP contribution is -2.46. The smallest absolute Gasteiger partial charge is 0.224 e. The van der Waals surface area contributed by atoms with Crippen LogP contribution in [0.2, 0.25) is 0 Å². The Kier molecular flexibility index (Phi) is 6.40. The molecule has 1 aromatic rings. The number of hydrogen-bond donors (Lipinski definition) is 1. The van der Waals surface area contributed by atoms with Gasteiger partial charge in [-0.15, -0.1) is 0 Å². The maximum absolute atomic E-state index is 12.5. The average molecular weight is 353 g/mol. The van der Waals surface area contributed by atoms with Crippen molar-refractivity contribution in [1.82, 2.24) is 9.62 Å². The Morgan fingerprint density at radius 2 is 1.96 bits per heavy atom. The molecule has 2 unspecified atom stereocenters. The van der Waals surface area contributed by atoms with Gasteiger partial charge >= 0.3 is 0 Å². The molecule has 1 fully saturated rings. The van der Waals surface area contributed by atoms with Crippen molar-refractivity contribution in [3.05, 3.63) is 35.4 Å². The maximum atomic E-state index is 12.5. The molecule has 0 aromatic heterocycles. The molecule has 1 aliphatic heterocycles. The SMILES string of the molecule is CCc1ccc(C(C)NC(=O)C2CCCN(S(=O)(=O)CC)C2)cc1. The fourth-order valence-corrected chi connectivity index (χ4v) is 4.23. The second-order valence-electron chi connectivity index (χ2n) is 6.42. The molecule has 0 radical (unpaired) electrons. The molecule has 0 aliphatic carbocycles. The largest absolute Gasteiger partial charge is 0.349 e. The van der Waals surface area contributed by atoms with Gasteiger partial charge in [-0.1, -0.05) is 31.2 Å². The quantitative estimate of drug-likeness (QED) is 0.855. The highest BCUT2D eigenvalue weighted by atomic mass is 32.2. The molecule has 6 heteroatoms. The summed E-state index contributed by atoms with van der Waals surface area (Å²) in [6, 6.07) is 8.15.